The highest BCUT2D eigenvalue weighted by Crippen LogP contribution is 2.30. The molecule has 0 bridgehead atoms. The van der Waals surface area contributed by atoms with E-state index in [-0.39, 0.29) is 17.3 Å². The van der Waals surface area contributed by atoms with Crippen molar-refractivity contribution in [2.45, 2.75) is 17.7 Å². The van der Waals surface area contributed by atoms with Crippen LogP contribution in [0.2, 0.25) is 0 Å². The number of benzene rings is 2. The van der Waals surface area contributed by atoms with Crippen LogP contribution in [-0.2, 0) is 17.5 Å². The van der Waals surface area contributed by atoms with Crippen LogP contribution in [0, 0.1) is 0 Å². The Morgan fingerprint density at radius 2 is 1.77 bits per heavy atom. The molecule has 0 aliphatic carbocycles. The number of carbonyl (C=O) groups excluding carboxylic acids is 1. The Bertz CT molecular complexity index is 1200. The van der Waals surface area contributed by atoms with Crippen LogP contribution in [0.4, 0.5) is 18.9 Å². The van der Waals surface area contributed by atoms with Gasteiger partial charge in [0.25, 0.3) is 0 Å². The molecule has 4 rings (SSSR count). The van der Waals surface area contributed by atoms with Crippen LogP contribution in [0.1, 0.15) is 11.1 Å². The van der Waals surface area contributed by atoms with Gasteiger partial charge >= 0.3 is 6.18 Å². The van der Waals surface area contributed by atoms with Gasteiger partial charge in [-0.2, -0.15) is 13.2 Å². The molecule has 0 unspecified atom stereocenters. The molecule has 2 aromatic heterocycles. The first-order chi connectivity index (χ1) is 14.9. The summed E-state index contributed by atoms with van der Waals surface area (Å²) in [5.74, 6) is -0.383. The summed E-state index contributed by atoms with van der Waals surface area (Å²) < 4.78 is 39.5. The topological polar surface area (TPSA) is 85.6 Å². The highest BCUT2D eigenvalue weighted by Gasteiger charge is 2.30. The largest absolute Gasteiger partial charge is 0.416 e. The van der Waals surface area contributed by atoms with Crippen molar-refractivity contribution in [1.82, 2.24) is 25.0 Å². The molecule has 11 heteroatoms. The predicted molar refractivity (Wildman–Crippen MR) is 109 cm³/mol. The van der Waals surface area contributed by atoms with E-state index in [9.17, 15) is 18.0 Å². The van der Waals surface area contributed by atoms with Gasteiger partial charge in [-0.1, -0.05) is 47.3 Å². The van der Waals surface area contributed by atoms with E-state index >= 15 is 0 Å². The van der Waals surface area contributed by atoms with Crippen LogP contribution in [0.15, 0.2) is 66.0 Å². The van der Waals surface area contributed by atoms with Gasteiger partial charge in [0.1, 0.15) is 11.4 Å². The number of alkyl halides is 3. The second kappa shape index (κ2) is 8.72. The number of anilines is 1. The van der Waals surface area contributed by atoms with Crippen molar-refractivity contribution in [3.05, 3.63) is 72.1 Å². The minimum Gasteiger partial charge on any atom is -0.325 e. The zero-order valence-electron chi connectivity index (χ0n) is 15.9. The molecule has 2 aromatic carbocycles. The summed E-state index contributed by atoms with van der Waals surface area (Å²) in [5.41, 5.74) is 1.57. The summed E-state index contributed by atoms with van der Waals surface area (Å²) in [4.78, 5) is 20.6. The van der Waals surface area contributed by atoms with Crippen LogP contribution in [0.3, 0.4) is 0 Å². The van der Waals surface area contributed by atoms with Crippen molar-refractivity contribution in [1.29, 1.82) is 0 Å². The van der Waals surface area contributed by atoms with Crippen molar-refractivity contribution >= 4 is 34.5 Å². The number of hydrogen-bond donors (Lipinski definition) is 1. The van der Waals surface area contributed by atoms with Crippen LogP contribution in [0.5, 0.6) is 0 Å². The van der Waals surface area contributed by atoms with E-state index in [0.717, 1.165) is 29.5 Å². The van der Waals surface area contributed by atoms with Gasteiger partial charge in [-0.25, -0.2) is 14.6 Å². The molecule has 0 saturated carbocycles. The summed E-state index contributed by atoms with van der Waals surface area (Å²) in [6, 6.07) is 14.0. The van der Waals surface area contributed by atoms with E-state index in [0.29, 0.717) is 22.7 Å². The van der Waals surface area contributed by atoms with Gasteiger partial charge < -0.3 is 5.32 Å². The van der Waals surface area contributed by atoms with E-state index in [1.807, 2.05) is 30.3 Å². The fourth-order valence-electron chi connectivity index (χ4n) is 2.81. The maximum Gasteiger partial charge on any atom is 0.416 e. The number of fused-ring (bicyclic) bond motifs is 1. The van der Waals surface area contributed by atoms with Gasteiger partial charge in [-0.05, 0) is 29.8 Å². The Morgan fingerprint density at radius 1 is 1.03 bits per heavy atom. The summed E-state index contributed by atoms with van der Waals surface area (Å²) in [6.07, 6.45) is -3.04. The SMILES string of the molecule is O=C(CSc1ncnc2c1nnn2Cc1ccccc1)Nc1ccc(C(F)(F)F)cc1. The number of thioether (sulfide) groups is 1. The molecule has 4 aromatic rings. The molecular formula is C20H15F3N6OS. The first-order valence-corrected chi connectivity index (χ1v) is 10.1. The summed E-state index contributed by atoms with van der Waals surface area (Å²) >= 11 is 1.15. The van der Waals surface area contributed by atoms with Crippen LogP contribution in [0.25, 0.3) is 11.2 Å². The molecular weight excluding hydrogens is 429 g/mol. The molecule has 1 N–H and O–H groups in total. The maximum absolute atomic E-state index is 12.6. The molecule has 0 fully saturated rings. The molecule has 0 saturated heterocycles. The molecule has 2 heterocycles. The molecule has 0 aliphatic heterocycles. The molecule has 1 amide bonds. The third-order valence-corrected chi connectivity index (χ3v) is 5.26. The quantitative estimate of drug-likeness (QED) is 0.357. The Morgan fingerprint density at radius 3 is 2.48 bits per heavy atom. The molecule has 0 spiro atoms. The van der Waals surface area contributed by atoms with Crippen molar-refractivity contribution in [2.75, 3.05) is 11.1 Å². The Kier molecular flexibility index (Phi) is 5.85. The summed E-state index contributed by atoms with van der Waals surface area (Å²) in [6.45, 7) is 0.493. The molecule has 158 valence electrons. The van der Waals surface area contributed by atoms with Crippen molar-refractivity contribution in [3.63, 3.8) is 0 Å². The normalized spacial score (nSPS) is 11.6. The second-order valence-corrected chi connectivity index (χ2v) is 7.46. The van der Waals surface area contributed by atoms with Crippen molar-refractivity contribution in [2.24, 2.45) is 0 Å². The maximum atomic E-state index is 12.6. The van der Waals surface area contributed by atoms with Gasteiger partial charge in [-0.3, -0.25) is 4.79 Å². The number of halogens is 3. The molecule has 0 radical (unpaired) electrons. The van der Waals surface area contributed by atoms with Gasteiger partial charge in [0.05, 0.1) is 17.9 Å². The van der Waals surface area contributed by atoms with E-state index in [2.05, 4.69) is 25.6 Å². The molecule has 0 atom stereocenters. The van der Waals surface area contributed by atoms with Crippen molar-refractivity contribution < 1.29 is 18.0 Å². The third-order valence-electron chi connectivity index (χ3n) is 4.28. The average molecular weight is 444 g/mol. The van der Waals surface area contributed by atoms with Crippen molar-refractivity contribution in [3.8, 4) is 0 Å². The van der Waals surface area contributed by atoms with Crippen LogP contribution >= 0.6 is 11.8 Å². The fourth-order valence-corrected chi connectivity index (χ4v) is 3.54. The molecule has 0 aliphatic rings. The van der Waals surface area contributed by atoms with E-state index in [4.69, 9.17) is 0 Å². The minimum atomic E-state index is -4.42. The number of nitrogens with one attached hydrogen (secondary N) is 1. The first kappa shape index (κ1) is 20.8. The zero-order valence-corrected chi connectivity index (χ0v) is 16.7. The van der Waals surface area contributed by atoms with E-state index in [1.54, 1.807) is 4.68 Å². The van der Waals surface area contributed by atoms with Gasteiger partial charge in [0.15, 0.2) is 11.2 Å². The molecule has 31 heavy (non-hydrogen) atoms. The number of amides is 1. The lowest BCUT2D eigenvalue weighted by molar-refractivity contribution is -0.137. The number of aromatic nitrogens is 5. The Hall–Kier alpha value is -3.47. The van der Waals surface area contributed by atoms with E-state index in [1.165, 1.54) is 18.5 Å². The number of nitrogens with zero attached hydrogens (tertiary/aromatic N) is 5. The van der Waals surface area contributed by atoms with Gasteiger partial charge in [0, 0.05) is 5.69 Å². The lowest BCUT2D eigenvalue weighted by atomic mass is 10.2. The summed E-state index contributed by atoms with van der Waals surface area (Å²) in [5, 5.41) is 11.3. The van der Waals surface area contributed by atoms with Gasteiger partial charge in [-0.15, -0.1) is 5.10 Å². The summed E-state index contributed by atoms with van der Waals surface area (Å²) in [7, 11) is 0. The Labute approximate surface area is 178 Å². The highest BCUT2D eigenvalue weighted by molar-refractivity contribution is 8.00. The van der Waals surface area contributed by atoms with Crippen LogP contribution in [-0.4, -0.2) is 36.6 Å². The van der Waals surface area contributed by atoms with Crippen LogP contribution < -0.4 is 5.32 Å². The Balaban J connectivity index is 1.41. The van der Waals surface area contributed by atoms with Gasteiger partial charge in [0.2, 0.25) is 5.91 Å². The minimum absolute atomic E-state index is 0.00131. The first-order valence-electron chi connectivity index (χ1n) is 9.08. The lowest BCUT2D eigenvalue weighted by Crippen LogP contribution is -2.14. The highest BCUT2D eigenvalue weighted by atomic mass is 32.2. The lowest BCUT2D eigenvalue weighted by Gasteiger charge is -2.08. The number of carbonyl (C=O) groups is 1. The molecule has 7 nitrogen and oxygen atoms in total. The second-order valence-electron chi connectivity index (χ2n) is 6.50. The monoisotopic (exact) mass is 444 g/mol. The smallest absolute Gasteiger partial charge is 0.325 e. The fraction of sp³-hybridized carbons (Fsp3) is 0.150. The predicted octanol–water partition coefficient (Wildman–Crippen LogP) is 4.02. The standard InChI is InChI=1S/C20H15F3N6OS/c21-20(22,23)14-6-8-15(9-7-14)26-16(30)11-31-19-17-18(24-12-25-19)29(28-27-17)10-13-4-2-1-3-5-13/h1-9,12H,10-11H2,(H,26,30). The number of rotatable bonds is 6. The third kappa shape index (κ3) is 5.00. The number of hydrogen-bond acceptors (Lipinski definition) is 6. The van der Waals surface area contributed by atoms with E-state index < -0.39 is 11.7 Å². The average Bonchev–Trinajstić information content (AvgIpc) is 3.16. The zero-order chi connectivity index (χ0) is 21.8.